The predicted octanol–water partition coefficient (Wildman–Crippen LogP) is 3.58. The van der Waals surface area contributed by atoms with Gasteiger partial charge in [-0.05, 0) is 30.5 Å². The number of nitrogens with zero attached hydrogens (tertiary/aromatic N) is 2. The maximum absolute atomic E-state index is 13.1. The van der Waals surface area contributed by atoms with Crippen molar-refractivity contribution in [1.82, 2.24) is 10.2 Å². The van der Waals surface area contributed by atoms with Gasteiger partial charge in [-0.2, -0.15) is 0 Å². The number of nitrogens with one attached hydrogen (secondary N) is 1. The van der Waals surface area contributed by atoms with Crippen LogP contribution in [-0.4, -0.2) is 56.2 Å². The molecular formula is C22H27ClFN3O6. The van der Waals surface area contributed by atoms with Crippen LogP contribution in [-0.2, 0) is 6.54 Å². The standard InChI is InChI=1S/C22H26FN3O6.ClH/c1-30-17-12-18(31-2)21(32-3)19(20(17)26(28)29)22(27)24-16-8-10-25(11-9-16)13-14-4-6-15(23)7-5-14;/h4-7,12,16H,8-11,13H2,1-3H3,(H,24,27);1H. The first kappa shape index (κ1) is 26.1. The van der Waals surface area contributed by atoms with Crippen LogP contribution in [0.1, 0.15) is 28.8 Å². The minimum atomic E-state index is -0.666. The molecule has 1 N–H and O–H groups in total. The molecule has 33 heavy (non-hydrogen) atoms. The minimum absolute atomic E-state index is 0. The zero-order valence-electron chi connectivity index (χ0n) is 18.6. The molecule has 1 saturated heterocycles. The zero-order valence-corrected chi connectivity index (χ0v) is 19.4. The smallest absolute Gasteiger partial charge is 0.327 e. The molecule has 1 fully saturated rings. The molecule has 0 saturated carbocycles. The Hall–Kier alpha value is -3.11. The van der Waals surface area contributed by atoms with Gasteiger partial charge >= 0.3 is 5.69 Å². The lowest BCUT2D eigenvalue weighted by Crippen LogP contribution is -2.44. The summed E-state index contributed by atoms with van der Waals surface area (Å²) in [6.07, 6.45) is 1.34. The molecule has 0 radical (unpaired) electrons. The number of nitro groups is 1. The predicted molar refractivity (Wildman–Crippen MR) is 122 cm³/mol. The number of amides is 1. The van der Waals surface area contributed by atoms with E-state index in [4.69, 9.17) is 14.2 Å². The van der Waals surface area contributed by atoms with E-state index < -0.39 is 16.5 Å². The summed E-state index contributed by atoms with van der Waals surface area (Å²) in [5.41, 5.74) is 0.302. The van der Waals surface area contributed by atoms with Crippen LogP contribution < -0.4 is 19.5 Å². The van der Waals surface area contributed by atoms with Crippen LogP contribution in [0.15, 0.2) is 30.3 Å². The monoisotopic (exact) mass is 483 g/mol. The SMILES string of the molecule is COc1cc(OC)c([N+](=O)[O-])c(C(=O)NC2CCN(Cc3ccc(F)cc3)CC2)c1OC.Cl. The average Bonchev–Trinajstić information content (AvgIpc) is 2.80. The van der Waals surface area contributed by atoms with E-state index >= 15 is 0 Å². The molecule has 1 heterocycles. The Balaban J connectivity index is 0.00000385. The van der Waals surface area contributed by atoms with Crippen molar-refractivity contribution in [1.29, 1.82) is 0 Å². The summed E-state index contributed by atoms with van der Waals surface area (Å²) in [5.74, 6) is -0.844. The number of hydrogen-bond acceptors (Lipinski definition) is 7. The molecule has 2 aromatic carbocycles. The first-order valence-corrected chi connectivity index (χ1v) is 10.1. The molecule has 0 aromatic heterocycles. The molecule has 1 amide bonds. The van der Waals surface area contributed by atoms with E-state index in [1.165, 1.54) is 39.5 Å². The number of benzene rings is 2. The lowest BCUT2D eigenvalue weighted by molar-refractivity contribution is -0.386. The molecule has 1 aliphatic rings. The highest BCUT2D eigenvalue weighted by Crippen LogP contribution is 2.44. The molecule has 3 rings (SSSR count). The van der Waals surface area contributed by atoms with Gasteiger partial charge in [0.05, 0.1) is 26.3 Å². The number of halogens is 2. The number of likely N-dealkylation sites (tertiary alicyclic amines) is 1. The lowest BCUT2D eigenvalue weighted by Gasteiger charge is -2.32. The van der Waals surface area contributed by atoms with Gasteiger partial charge in [-0.3, -0.25) is 19.8 Å². The van der Waals surface area contributed by atoms with Crippen LogP contribution in [0.4, 0.5) is 10.1 Å². The third-order valence-electron chi connectivity index (χ3n) is 5.48. The molecule has 11 heteroatoms. The molecule has 0 spiro atoms. The molecule has 1 aliphatic heterocycles. The van der Waals surface area contributed by atoms with Gasteiger partial charge in [-0.15, -0.1) is 12.4 Å². The Bertz CT molecular complexity index is 981. The van der Waals surface area contributed by atoms with E-state index in [0.29, 0.717) is 19.4 Å². The molecule has 180 valence electrons. The maximum Gasteiger partial charge on any atom is 0.327 e. The Labute approximate surface area is 197 Å². The molecular weight excluding hydrogens is 457 g/mol. The molecule has 0 bridgehead atoms. The summed E-state index contributed by atoms with van der Waals surface area (Å²) in [4.78, 5) is 26.4. The summed E-state index contributed by atoms with van der Waals surface area (Å²) in [7, 11) is 3.98. The normalized spacial score (nSPS) is 14.2. The number of methoxy groups -OCH3 is 3. The average molecular weight is 484 g/mol. The number of hydrogen-bond donors (Lipinski definition) is 1. The Kier molecular flexibility index (Phi) is 9.24. The number of rotatable bonds is 8. The zero-order chi connectivity index (χ0) is 23.3. The lowest BCUT2D eigenvalue weighted by atomic mass is 10.0. The number of nitro benzene ring substituents is 1. The summed E-state index contributed by atoms with van der Waals surface area (Å²) in [5, 5.41) is 14.6. The number of carbonyl (C=O) groups excluding carboxylic acids is 1. The third kappa shape index (κ3) is 6.02. The maximum atomic E-state index is 13.1. The van der Waals surface area contributed by atoms with Gasteiger partial charge in [0.2, 0.25) is 5.75 Å². The second-order valence-electron chi connectivity index (χ2n) is 7.45. The molecule has 0 aliphatic carbocycles. The Morgan fingerprint density at radius 2 is 1.73 bits per heavy atom. The third-order valence-corrected chi connectivity index (χ3v) is 5.48. The molecule has 2 aromatic rings. The fourth-order valence-corrected chi connectivity index (χ4v) is 3.85. The van der Waals surface area contributed by atoms with Gasteiger partial charge in [0.25, 0.3) is 5.91 Å². The fourth-order valence-electron chi connectivity index (χ4n) is 3.85. The van der Waals surface area contributed by atoms with Crippen LogP contribution >= 0.6 is 12.4 Å². The van der Waals surface area contributed by atoms with E-state index in [1.807, 2.05) is 0 Å². The topological polar surface area (TPSA) is 103 Å². The first-order valence-electron chi connectivity index (χ1n) is 10.1. The van der Waals surface area contributed by atoms with Crippen LogP contribution in [0.3, 0.4) is 0 Å². The van der Waals surface area contributed by atoms with Crippen molar-refractivity contribution in [2.24, 2.45) is 0 Å². The fraction of sp³-hybridized carbons (Fsp3) is 0.409. The minimum Gasteiger partial charge on any atom is -0.493 e. The second kappa shape index (κ2) is 11.7. The highest BCUT2D eigenvalue weighted by atomic mass is 35.5. The van der Waals surface area contributed by atoms with Crippen LogP contribution in [0.5, 0.6) is 17.2 Å². The molecule has 9 nitrogen and oxygen atoms in total. The van der Waals surface area contributed by atoms with Crippen molar-refractivity contribution < 1.29 is 28.3 Å². The summed E-state index contributed by atoms with van der Waals surface area (Å²) >= 11 is 0. The summed E-state index contributed by atoms with van der Waals surface area (Å²) < 4.78 is 28.7. The quantitative estimate of drug-likeness (QED) is 0.452. The first-order chi connectivity index (χ1) is 15.4. The van der Waals surface area contributed by atoms with E-state index in [-0.39, 0.29) is 47.1 Å². The van der Waals surface area contributed by atoms with Crippen LogP contribution in [0.25, 0.3) is 0 Å². The van der Waals surface area contributed by atoms with Crippen molar-refractivity contribution >= 4 is 24.0 Å². The largest absolute Gasteiger partial charge is 0.493 e. The summed E-state index contributed by atoms with van der Waals surface area (Å²) in [6, 6.07) is 7.54. The van der Waals surface area contributed by atoms with Crippen LogP contribution in [0.2, 0.25) is 0 Å². The van der Waals surface area contributed by atoms with Crippen LogP contribution in [0, 0.1) is 15.9 Å². The summed E-state index contributed by atoms with van der Waals surface area (Å²) in [6.45, 7) is 2.14. The highest BCUT2D eigenvalue weighted by molar-refractivity contribution is 6.03. The van der Waals surface area contributed by atoms with Gasteiger partial charge in [-0.1, -0.05) is 12.1 Å². The van der Waals surface area contributed by atoms with Crippen molar-refractivity contribution in [2.45, 2.75) is 25.4 Å². The van der Waals surface area contributed by atoms with Gasteiger partial charge in [0.15, 0.2) is 17.1 Å². The van der Waals surface area contributed by atoms with Gasteiger partial charge in [0, 0.05) is 31.7 Å². The van der Waals surface area contributed by atoms with Crippen molar-refractivity contribution in [3.8, 4) is 17.2 Å². The van der Waals surface area contributed by atoms with E-state index in [1.54, 1.807) is 12.1 Å². The Morgan fingerprint density at radius 1 is 1.12 bits per heavy atom. The highest BCUT2D eigenvalue weighted by Gasteiger charge is 2.34. The molecule has 0 atom stereocenters. The van der Waals surface area contributed by atoms with Gasteiger partial charge in [-0.25, -0.2) is 4.39 Å². The van der Waals surface area contributed by atoms with Crippen molar-refractivity contribution in [3.63, 3.8) is 0 Å². The van der Waals surface area contributed by atoms with Crippen molar-refractivity contribution in [3.05, 3.63) is 57.4 Å². The van der Waals surface area contributed by atoms with E-state index in [2.05, 4.69) is 10.2 Å². The van der Waals surface area contributed by atoms with Crippen molar-refractivity contribution in [2.75, 3.05) is 34.4 Å². The van der Waals surface area contributed by atoms with E-state index in [9.17, 15) is 19.3 Å². The Morgan fingerprint density at radius 3 is 2.24 bits per heavy atom. The number of carbonyl (C=O) groups is 1. The molecule has 0 unspecified atom stereocenters. The second-order valence-corrected chi connectivity index (χ2v) is 7.45. The van der Waals surface area contributed by atoms with Gasteiger partial charge < -0.3 is 19.5 Å². The van der Waals surface area contributed by atoms with Gasteiger partial charge in [0.1, 0.15) is 5.82 Å². The number of ether oxygens (including phenoxy) is 3. The number of piperidine rings is 1. The van der Waals surface area contributed by atoms with E-state index in [0.717, 1.165) is 18.7 Å².